The molecule has 0 spiro atoms. The minimum atomic E-state index is -0.941. The van der Waals surface area contributed by atoms with Crippen molar-refractivity contribution in [1.29, 1.82) is 0 Å². The van der Waals surface area contributed by atoms with Crippen LogP contribution >= 0.6 is 0 Å². The van der Waals surface area contributed by atoms with Gasteiger partial charge in [-0.25, -0.2) is 4.79 Å². The Morgan fingerprint density at radius 1 is 1.07 bits per heavy atom. The van der Waals surface area contributed by atoms with Crippen LogP contribution in [0.2, 0.25) is 0 Å². The van der Waals surface area contributed by atoms with Crippen molar-refractivity contribution >= 4 is 23.0 Å². The Bertz CT molecular complexity index is 956. The van der Waals surface area contributed by atoms with E-state index in [2.05, 4.69) is 0 Å². The van der Waals surface area contributed by atoms with Crippen LogP contribution in [0.25, 0.3) is 0 Å². The molecule has 1 heterocycles. The predicted molar refractivity (Wildman–Crippen MR) is 101 cm³/mol. The minimum absolute atomic E-state index is 0.0637. The molecular weight excluding hydrogens is 386 g/mol. The summed E-state index contributed by atoms with van der Waals surface area (Å²) in [6.07, 6.45) is 0. The van der Waals surface area contributed by atoms with Crippen molar-refractivity contribution in [1.82, 2.24) is 0 Å². The molecule has 1 aliphatic heterocycles. The van der Waals surface area contributed by atoms with Gasteiger partial charge in [-0.05, 0) is 18.2 Å². The van der Waals surface area contributed by atoms with Crippen molar-refractivity contribution < 1.29 is 28.9 Å². The SMILES string of the molecule is COc1ccc(OC(=O)c2cc([N+](=O)[O-])ccc2N2CCOCC2)c([N+](=O)[O-])c1. The standard InChI is InChI=1S/C18H17N3O8/c1-27-13-3-5-17(16(11-13)21(25)26)29-18(22)14-10-12(20(23)24)2-4-15(14)19-6-8-28-9-7-19/h2-5,10-11H,6-9H2,1H3. The summed E-state index contributed by atoms with van der Waals surface area (Å²) in [5, 5.41) is 22.5. The van der Waals surface area contributed by atoms with Gasteiger partial charge >= 0.3 is 11.7 Å². The van der Waals surface area contributed by atoms with Gasteiger partial charge in [-0.1, -0.05) is 0 Å². The molecule has 0 bridgehead atoms. The summed E-state index contributed by atoms with van der Waals surface area (Å²) >= 11 is 0. The molecule has 0 atom stereocenters. The number of hydrogen-bond donors (Lipinski definition) is 0. The van der Waals surface area contributed by atoms with Crippen LogP contribution in [-0.4, -0.2) is 49.2 Å². The summed E-state index contributed by atoms with van der Waals surface area (Å²) in [5.74, 6) is -1.01. The summed E-state index contributed by atoms with van der Waals surface area (Å²) in [7, 11) is 1.35. The van der Waals surface area contributed by atoms with Crippen LogP contribution in [0, 0.1) is 20.2 Å². The van der Waals surface area contributed by atoms with E-state index in [9.17, 15) is 25.0 Å². The smallest absolute Gasteiger partial charge is 0.346 e. The summed E-state index contributed by atoms with van der Waals surface area (Å²) in [6.45, 7) is 1.85. The molecule has 11 nitrogen and oxygen atoms in total. The van der Waals surface area contributed by atoms with Crippen molar-refractivity contribution in [2.75, 3.05) is 38.3 Å². The van der Waals surface area contributed by atoms with E-state index in [0.717, 1.165) is 12.1 Å². The van der Waals surface area contributed by atoms with Crippen LogP contribution in [0.4, 0.5) is 17.1 Å². The fourth-order valence-electron chi connectivity index (χ4n) is 2.89. The normalized spacial score (nSPS) is 13.6. The second kappa shape index (κ2) is 8.52. The molecule has 3 rings (SSSR count). The zero-order valence-corrected chi connectivity index (χ0v) is 15.4. The minimum Gasteiger partial charge on any atom is -0.496 e. The van der Waals surface area contributed by atoms with Gasteiger partial charge in [0, 0.05) is 25.2 Å². The molecule has 0 saturated carbocycles. The van der Waals surface area contributed by atoms with Crippen LogP contribution in [0.5, 0.6) is 11.5 Å². The molecule has 0 unspecified atom stereocenters. The largest absolute Gasteiger partial charge is 0.496 e. The Labute approximate surface area is 164 Å². The monoisotopic (exact) mass is 403 g/mol. The lowest BCUT2D eigenvalue weighted by Crippen LogP contribution is -2.37. The highest BCUT2D eigenvalue weighted by molar-refractivity contribution is 5.98. The van der Waals surface area contributed by atoms with Crippen molar-refractivity contribution in [3.05, 3.63) is 62.2 Å². The molecule has 1 fully saturated rings. The molecule has 0 N–H and O–H groups in total. The number of anilines is 1. The molecule has 1 aliphatic rings. The van der Waals surface area contributed by atoms with Gasteiger partial charge in [0.1, 0.15) is 5.75 Å². The Balaban J connectivity index is 1.98. The quantitative estimate of drug-likeness (QED) is 0.308. The first-order valence-corrected chi connectivity index (χ1v) is 8.56. The lowest BCUT2D eigenvalue weighted by Gasteiger charge is -2.30. The molecule has 0 amide bonds. The lowest BCUT2D eigenvalue weighted by atomic mass is 10.1. The molecular formula is C18H17N3O8. The number of carbonyl (C=O) groups excluding carboxylic acids is 1. The van der Waals surface area contributed by atoms with Crippen LogP contribution < -0.4 is 14.4 Å². The number of hydrogen-bond acceptors (Lipinski definition) is 9. The first-order valence-electron chi connectivity index (χ1n) is 8.56. The summed E-state index contributed by atoms with van der Waals surface area (Å²) in [4.78, 5) is 35.8. The molecule has 29 heavy (non-hydrogen) atoms. The average Bonchev–Trinajstić information content (AvgIpc) is 2.74. The van der Waals surface area contributed by atoms with Gasteiger partial charge in [0.05, 0.1) is 47.5 Å². The van der Waals surface area contributed by atoms with Gasteiger partial charge in [0.2, 0.25) is 5.75 Å². The van der Waals surface area contributed by atoms with E-state index in [-0.39, 0.29) is 22.7 Å². The van der Waals surface area contributed by atoms with E-state index in [0.29, 0.717) is 32.0 Å². The van der Waals surface area contributed by atoms with Crippen molar-refractivity contribution in [2.45, 2.75) is 0 Å². The average molecular weight is 403 g/mol. The van der Waals surface area contributed by atoms with Gasteiger partial charge < -0.3 is 19.1 Å². The second-order valence-electron chi connectivity index (χ2n) is 6.04. The van der Waals surface area contributed by atoms with Crippen LogP contribution in [0.1, 0.15) is 10.4 Å². The van der Waals surface area contributed by atoms with E-state index in [1.165, 1.54) is 31.4 Å². The van der Waals surface area contributed by atoms with Gasteiger partial charge in [-0.3, -0.25) is 20.2 Å². The molecule has 0 radical (unpaired) electrons. The predicted octanol–water partition coefficient (Wildman–Crippen LogP) is 2.57. The molecule has 1 saturated heterocycles. The first kappa shape index (κ1) is 20.0. The molecule has 0 aliphatic carbocycles. The van der Waals surface area contributed by atoms with E-state index >= 15 is 0 Å². The van der Waals surface area contributed by atoms with Crippen molar-refractivity contribution in [3.8, 4) is 11.5 Å². The van der Waals surface area contributed by atoms with Crippen molar-refractivity contribution in [3.63, 3.8) is 0 Å². The fourth-order valence-corrected chi connectivity index (χ4v) is 2.89. The van der Waals surface area contributed by atoms with Gasteiger partial charge in [-0.15, -0.1) is 0 Å². The maximum absolute atomic E-state index is 12.8. The Hall–Kier alpha value is -3.73. The topological polar surface area (TPSA) is 134 Å². The first-order chi connectivity index (χ1) is 13.9. The number of non-ortho nitro benzene ring substituents is 1. The highest BCUT2D eigenvalue weighted by atomic mass is 16.6. The van der Waals surface area contributed by atoms with Gasteiger partial charge in [0.15, 0.2) is 0 Å². The van der Waals surface area contributed by atoms with Crippen LogP contribution in [0.15, 0.2) is 36.4 Å². The van der Waals surface area contributed by atoms with Crippen LogP contribution in [-0.2, 0) is 4.74 Å². The Kier molecular flexibility index (Phi) is 5.88. The fraction of sp³-hybridized carbons (Fsp3) is 0.278. The number of nitro groups is 2. The molecule has 11 heteroatoms. The Morgan fingerprint density at radius 3 is 2.41 bits per heavy atom. The molecule has 2 aromatic rings. The third-order valence-electron chi connectivity index (χ3n) is 4.33. The maximum atomic E-state index is 12.8. The van der Waals surface area contributed by atoms with Gasteiger partial charge in [0.25, 0.3) is 5.69 Å². The number of methoxy groups -OCH3 is 1. The van der Waals surface area contributed by atoms with E-state index < -0.39 is 21.5 Å². The third kappa shape index (κ3) is 4.41. The Morgan fingerprint density at radius 2 is 1.79 bits per heavy atom. The third-order valence-corrected chi connectivity index (χ3v) is 4.33. The highest BCUT2D eigenvalue weighted by Gasteiger charge is 2.26. The number of nitrogens with zero attached hydrogens (tertiary/aromatic N) is 3. The number of esters is 1. The maximum Gasteiger partial charge on any atom is 0.346 e. The van der Waals surface area contributed by atoms with Crippen molar-refractivity contribution in [2.24, 2.45) is 0 Å². The molecule has 2 aromatic carbocycles. The van der Waals surface area contributed by atoms with E-state index in [4.69, 9.17) is 14.2 Å². The highest BCUT2D eigenvalue weighted by Crippen LogP contribution is 2.33. The summed E-state index contributed by atoms with van der Waals surface area (Å²) in [5.41, 5.74) is -0.388. The molecule has 0 aromatic heterocycles. The summed E-state index contributed by atoms with van der Waals surface area (Å²) < 4.78 is 15.5. The van der Waals surface area contributed by atoms with E-state index in [1.807, 2.05) is 4.90 Å². The number of carbonyl (C=O) groups is 1. The zero-order chi connectivity index (χ0) is 21.0. The number of nitro benzene ring substituents is 2. The van der Waals surface area contributed by atoms with Crippen LogP contribution in [0.3, 0.4) is 0 Å². The zero-order valence-electron chi connectivity index (χ0n) is 15.4. The lowest BCUT2D eigenvalue weighted by molar-refractivity contribution is -0.385. The number of benzene rings is 2. The van der Waals surface area contributed by atoms with E-state index in [1.54, 1.807) is 0 Å². The number of rotatable bonds is 6. The van der Waals surface area contributed by atoms with Gasteiger partial charge in [-0.2, -0.15) is 0 Å². The number of morpholine rings is 1. The summed E-state index contributed by atoms with van der Waals surface area (Å²) in [6, 6.07) is 7.62. The molecule has 152 valence electrons. The number of ether oxygens (including phenoxy) is 3. The second-order valence-corrected chi connectivity index (χ2v) is 6.04.